The number of benzene rings is 1. The van der Waals surface area contributed by atoms with E-state index in [0.29, 0.717) is 5.75 Å². The predicted octanol–water partition coefficient (Wildman–Crippen LogP) is 0.912. The highest BCUT2D eigenvalue weighted by molar-refractivity contribution is 5.85. The summed E-state index contributed by atoms with van der Waals surface area (Å²) in [5, 5.41) is 0.973. The van der Waals surface area contributed by atoms with Gasteiger partial charge in [-0.25, -0.2) is 10.8 Å². The molecule has 5 nitrogen and oxygen atoms in total. The van der Waals surface area contributed by atoms with Crippen molar-refractivity contribution in [1.82, 2.24) is 10.4 Å². The van der Waals surface area contributed by atoms with Crippen LogP contribution in [0, 0.1) is 6.92 Å². The van der Waals surface area contributed by atoms with Crippen LogP contribution in [0.3, 0.4) is 0 Å². The molecule has 1 heterocycles. The summed E-state index contributed by atoms with van der Waals surface area (Å²) in [5.74, 6) is 5.18. The van der Waals surface area contributed by atoms with E-state index >= 15 is 0 Å². The van der Waals surface area contributed by atoms with Crippen molar-refractivity contribution in [1.29, 1.82) is 0 Å². The minimum atomic E-state index is -0.380. The Bertz CT molecular complexity index is 554. The number of aromatic nitrogens is 1. The summed E-state index contributed by atoms with van der Waals surface area (Å²) in [6.07, 6.45) is 0. The quantitative estimate of drug-likeness (QED) is 0.467. The van der Waals surface area contributed by atoms with E-state index in [1.807, 2.05) is 36.6 Å². The van der Waals surface area contributed by atoms with Gasteiger partial charge in [0, 0.05) is 11.1 Å². The van der Waals surface area contributed by atoms with E-state index in [0.717, 1.165) is 16.6 Å². The number of amides is 1. The number of pyridine rings is 1. The third-order valence-corrected chi connectivity index (χ3v) is 2.34. The monoisotopic (exact) mass is 231 g/mol. The topological polar surface area (TPSA) is 77.2 Å². The summed E-state index contributed by atoms with van der Waals surface area (Å²) in [7, 11) is 0. The fourth-order valence-corrected chi connectivity index (χ4v) is 1.52. The molecule has 0 aliphatic heterocycles. The standard InChI is InChI=1S/C12H13N3O2/c1-8-5-6-9-3-2-4-10(12(9)14-8)17-7-11(16)15-13/h2-6H,7,13H2,1H3,(H,15,16). The highest BCUT2D eigenvalue weighted by Crippen LogP contribution is 2.23. The predicted molar refractivity (Wildman–Crippen MR) is 64.3 cm³/mol. The minimum absolute atomic E-state index is 0.120. The highest BCUT2D eigenvalue weighted by atomic mass is 16.5. The molecule has 2 aromatic rings. The molecule has 88 valence electrons. The average molecular weight is 231 g/mol. The molecule has 0 atom stereocenters. The Morgan fingerprint density at radius 2 is 2.24 bits per heavy atom. The molecule has 0 aliphatic rings. The van der Waals surface area contributed by atoms with Crippen molar-refractivity contribution in [2.75, 3.05) is 6.61 Å². The van der Waals surface area contributed by atoms with E-state index in [4.69, 9.17) is 10.6 Å². The number of carbonyl (C=O) groups is 1. The lowest BCUT2D eigenvalue weighted by Crippen LogP contribution is -2.34. The van der Waals surface area contributed by atoms with Gasteiger partial charge in [-0.2, -0.15) is 0 Å². The minimum Gasteiger partial charge on any atom is -0.481 e. The lowest BCUT2D eigenvalue weighted by molar-refractivity contribution is -0.123. The van der Waals surface area contributed by atoms with Crippen LogP contribution in [-0.2, 0) is 4.79 Å². The number of fused-ring (bicyclic) bond motifs is 1. The largest absolute Gasteiger partial charge is 0.481 e. The zero-order valence-corrected chi connectivity index (χ0v) is 9.43. The normalized spacial score (nSPS) is 10.2. The van der Waals surface area contributed by atoms with Crippen molar-refractivity contribution in [3.05, 3.63) is 36.0 Å². The van der Waals surface area contributed by atoms with Crippen molar-refractivity contribution in [2.45, 2.75) is 6.92 Å². The van der Waals surface area contributed by atoms with Crippen LogP contribution in [0.5, 0.6) is 5.75 Å². The molecule has 1 aromatic heterocycles. The molecular weight excluding hydrogens is 218 g/mol. The Morgan fingerprint density at radius 1 is 1.41 bits per heavy atom. The van der Waals surface area contributed by atoms with Crippen molar-refractivity contribution in [2.24, 2.45) is 5.84 Å². The Hall–Kier alpha value is -2.14. The number of nitrogens with one attached hydrogen (secondary N) is 1. The molecule has 5 heteroatoms. The molecule has 0 saturated heterocycles. The molecule has 1 amide bonds. The summed E-state index contributed by atoms with van der Waals surface area (Å²) >= 11 is 0. The second kappa shape index (κ2) is 4.80. The summed E-state index contributed by atoms with van der Waals surface area (Å²) in [6.45, 7) is 1.79. The molecule has 0 radical (unpaired) electrons. The molecule has 0 bridgehead atoms. The number of hydrazine groups is 1. The maximum absolute atomic E-state index is 11.0. The molecule has 3 N–H and O–H groups in total. The van der Waals surface area contributed by atoms with E-state index in [9.17, 15) is 4.79 Å². The lowest BCUT2D eigenvalue weighted by atomic mass is 10.2. The van der Waals surface area contributed by atoms with E-state index in [2.05, 4.69) is 4.98 Å². The van der Waals surface area contributed by atoms with Gasteiger partial charge in [0.25, 0.3) is 5.91 Å². The number of rotatable bonds is 3. The fourth-order valence-electron chi connectivity index (χ4n) is 1.52. The van der Waals surface area contributed by atoms with E-state index in [1.54, 1.807) is 6.07 Å². The molecule has 0 unspecified atom stereocenters. The summed E-state index contributed by atoms with van der Waals surface area (Å²) in [6, 6.07) is 9.47. The van der Waals surface area contributed by atoms with E-state index in [-0.39, 0.29) is 12.5 Å². The van der Waals surface area contributed by atoms with Gasteiger partial charge in [-0.05, 0) is 19.1 Å². The first-order chi connectivity index (χ1) is 8.20. The van der Waals surface area contributed by atoms with Gasteiger partial charge in [0.1, 0.15) is 11.3 Å². The second-order valence-corrected chi connectivity index (χ2v) is 3.64. The van der Waals surface area contributed by atoms with Crippen LogP contribution in [0.2, 0.25) is 0 Å². The third kappa shape index (κ3) is 2.51. The maximum Gasteiger partial charge on any atom is 0.271 e. The Morgan fingerprint density at radius 3 is 3.00 bits per heavy atom. The van der Waals surface area contributed by atoms with Crippen LogP contribution in [0.4, 0.5) is 0 Å². The van der Waals surface area contributed by atoms with Gasteiger partial charge >= 0.3 is 0 Å². The number of ether oxygens (including phenoxy) is 1. The third-order valence-electron chi connectivity index (χ3n) is 2.34. The molecule has 0 aliphatic carbocycles. The molecule has 0 fully saturated rings. The van der Waals surface area contributed by atoms with Crippen LogP contribution >= 0.6 is 0 Å². The van der Waals surface area contributed by atoms with Crippen molar-refractivity contribution < 1.29 is 9.53 Å². The van der Waals surface area contributed by atoms with E-state index < -0.39 is 0 Å². The van der Waals surface area contributed by atoms with Gasteiger partial charge < -0.3 is 4.74 Å². The number of nitrogens with zero attached hydrogens (tertiary/aromatic N) is 1. The van der Waals surface area contributed by atoms with Gasteiger partial charge in [-0.3, -0.25) is 10.2 Å². The number of hydrogen-bond acceptors (Lipinski definition) is 4. The number of aryl methyl sites for hydroxylation is 1. The number of carbonyl (C=O) groups excluding carboxylic acids is 1. The van der Waals surface area contributed by atoms with Crippen LogP contribution in [-0.4, -0.2) is 17.5 Å². The SMILES string of the molecule is Cc1ccc2cccc(OCC(=O)NN)c2n1. The average Bonchev–Trinajstić information content (AvgIpc) is 2.35. The first-order valence-electron chi connectivity index (χ1n) is 5.19. The summed E-state index contributed by atoms with van der Waals surface area (Å²) < 4.78 is 5.37. The first kappa shape index (κ1) is 11.3. The fraction of sp³-hybridized carbons (Fsp3) is 0.167. The molecule has 2 rings (SSSR count). The molecule has 0 saturated carbocycles. The van der Waals surface area contributed by atoms with Crippen LogP contribution < -0.4 is 16.0 Å². The van der Waals surface area contributed by atoms with Gasteiger partial charge in [-0.1, -0.05) is 18.2 Å². The van der Waals surface area contributed by atoms with Gasteiger partial charge in [0.2, 0.25) is 0 Å². The Kier molecular flexibility index (Phi) is 3.20. The van der Waals surface area contributed by atoms with Crippen molar-refractivity contribution in [3.63, 3.8) is 0 Å². The van der Waals surface area contributed by atoms with Gasteiger partial charge in [-0.15, -0.1) is 0 Å². The number of hydrogen-bond donors (Lipinski definition) is 2. The number of para-hydroxylation sites is 1. The first-order valence-corrected chi connectivity index (χ1v) is 5.19. The van der Waals surface area contributed by atoms with Crippen molar-refractivity contribution in [3.8, 4) is 5.75 Å². The summed E-state index contributed by atoms with van der Waals surface area (Å²) in [5.41, 5.74) is 3.66. The maximum atomic E-state index is 11.0. The Labute approximate surface area is 98.6 Å². The lowest BCUT2D eigenvalue weighted by Gasteiger charge is -2.08. The van der Waals surface area contributed by atoms with Crippen molar-refractivity contribution >= 4 is 16.8 Å². The second-order valence-electron chi connectivity index (χ2n) is 3.64. The Balaban J connectivity index is 2.33. The number of nitrogens with two attached hydrogens (primary N) is 1. The molecular formula is C12H13N3O2. The molecule has 17 heavy (non-hydrogen) atoms. The van der Waals surface area contributed by atoms with Crippen LogP contribution in [0.25, 0.3) is 10.9 Å². The van der Waals surface area contributed by atoms with Crippen LogP contribution in [0.15, 0.2) is 30.3 Å². The van der Waals surface area contributed by atoms with Gasteiger partial charge in [0.15, 0.2) is 6.61 Å². The van der Waals surface area contributed by atoms with Gasteiger partial charge in [0.05, 0.1) is 0 Å². The van der Waals surface area contributed by atoms with Crippen LogP contribution in [0.1, 0.15) is 5.69 Å². The molecule has 0 spiro atoms. The highest BCUT2D eigenvalue weighted by Gasteiger charge is 2.05. The molecule has 1 aromatic carbocycles. The zero-order valence-electron chi connectivity index (χ0n) is 9.43. The zero-order chi connectivity index (χ0) is 12.3. The smallest absolute Gasteiger partial charge is 0.271 e. The summed E-state index contributed by atoms with van der Waals surface area (Å²) in [4.78, 5) is 15.4. The van der Waals surface area contributed by atoms with E-state index in [1.165, 1.54) is 0 Å².